The zero-order valence-electron chi connectivity index (χ0n) is 9.58. The Balaban J connectivity index is 2.22. The number of benzene rings is 1. The van der Waals surface area contributed by atoms with Crippen LogP contribution in [0.25, 0.3) is 0 Å². The minimum atomic E-state index is -0.472. The maximum Gasteiger partial charge on any atom is 0.256 e. The van der Waals surface area contributed by atoms with E-state index in [2.05, 4.69) is 26.2 Å². The Kier molecular flexibility index (Phi) is 3.72. The lowest BCUT2D eigenvalue weighted by Crippen LogP contribution is -2.14. The van der Waals surface area contributed by atoms with E-state index >= 15 is 0 Å². The molecule has 0 atom stereocenters. The standard InChI is InChI=1S/C13H10BrFN2O/c1-8-3-2-6-16-12(8)17-13(18)9-4-5-10(14)11(15)7-9/h2-7H,1H3,(H,16,17,18). The van der Waals surface area contributed by atoms with Crippen LogP contribution in [0.1, 0.15) is 15.9 Å². The van der Waals surface area contributed by atoms with E-state index in [9.17, 15) is 9.18 Å². The normalized spacial score (nSPS) is 10.2. The Morgan fingerprint density at radius 2 is 2.17 bits per heavy atom. The Hall–Kier alpha value is -1.75. The topological polar surface area (TPSA) is 42.0 Å². The number of halogens is 2. The van der Waals surface area contributed by atoms with Crippen molar-refractivity contribution in [2.24, 2.45) is 0 Å². The Morgan fingerprint density at radius 1 is 1.39 bits per heavy atom. The summed E-state index contributed by atoms with van der Waals surface area (Å²) in [6, 6.07) is 7.84. The summed E-state index contributed by atoms with van der Waals surface area (Å²) in [6.07, 6.45) is 1.59. The number of carbonyl (C=O) groups excluding carboxylic acids is 1. The van der Waals surface area contributed by atoms with Gasteiger partial charge in [0, 0.05) is 11.8 Å². The molecule has 0 unspecified atom stereocenters. The summed E-state index contributed by atoms with van der Waals surface area (Å²) in [6.45, 7) is 1.84. The van der Waals surface area contributed by atoms with Gasteiger partial charge < -0.3 is 5.32 Å². The van der Waals surface area contributed by atoms with Gasteiger partial charge in [-0.25, -0.2) is 9.37 Å². The third kappa shape index (κ3) is 2.73. The van der Waals surface area contributed by atoms with Gasteiger partial charge in [-0.05, 0) is 52.7 Å². The van der Waals surface area contributed by atoms with E-state index in [-0.39, 0.29) is 11.5 Å². The molecule has 0 radical (unpaired) electrons. The van der Waals surface area contributed by atoms with E-state index in [0.717, 1.165) is 5.56 Å². The fourth-order valence-corrected chi connectivity index (χ4v) is 1.68. The number of anilines is 1. The molecule has 0 fully saturated rings. The Morgan fingerprint density at radius 3 is 2.83 bits per heavy atom. The van der Waals surface area contributed by atoms with Crippen molar-refractivity contribution in [3.05, 3.63) is 57.9 Å². The number of aryl methyl sites for hydroxylation is 1. The molecule has 1 heterocycles. The molecule has 1 amide bonds. The Bertz CT molecular complexity index is 601. The van der Waals surface area contributed by atoms with E-state index < -0.39 is 5.82 Å². The molecule has 1 N–H and O–H groups in total. The van der Waals surface area contributed by atoms with Crippen molar-refractivity contribution in [1.29, 1.82) is 0 Å². The number of pyridine rings is 1. The molecule has 1 aromatic heterocycles. The lowest BCUT2D eigenvalue weighted by molar-refractivity contribution is 0.102. The van der Waals surface area contributed by atoms with Crippen molar-refractivity contribution in [2.75, 3.05) is 5.32 Å². The van der Waals surface area contributed by atoms with Crippen LogP contribution in [0, 0.1) is 12.7 Å². The average molecular weight is 309 g/mol. The second-order valence-corrected chi connectivity index (χ2v) is 4.61. The molecule has 0 spiro atoms. The van der Waals surface area contributed by atoms with Crippen LogP contribution in [-0.4, -0.2) is 10.9 Å². The summed E-state index contributed by atoms with van der Waals surface area (Å²) in [5, 5.41) is 2.64. The van der Waals surface area contributed by atoms with Crippen LogP contribution >= 0.6 is 15.9 Å². The minimum absolute atomic E-state index is 0.251. The van der Waals surface area contributed by atoms with Gasteiger partial charge in [0.25, 0.3) is 5.91 Å². The molecule has 3 nitrogen and oxygen atoms in total. The van der Waals surface area contributed by atoms with E-state index in [1.54, 1.807) is 18.3 Å². The van der Waals surface area contributed by atoms with Gasteiger partial charge in [0.05, 0.1) is 4.47 Å². The van der Waals surface area contributed by atoms with Crippen LogP contribution in [-0.2, 0) is 0 Å². The van der Waals surface area contributed by atoms with Crippen LogP contribution in [0.3, 0.4) is 0 Å². The van der Waals surface area contributed by atoms with Gasteiger partial charge >= 0.3 is 0 Å². The van der Waals surface area contributed by atoms with Gasteiger partial charge in [0.15, 0.2) is 0 Å². The molecule has 18 heavy (non-hydrogen) atoms. The SMILES string of the molecule is Cc1cccnc1NC(=O)c1ccc(Br)c(F)c1. The third-order valence-electron chi connectivity index (χ3n) is 2.42. The predicted molar refractivity (Wildman–Crippen MR) is 71.0 cm³/mol. The fraction of sp³-hybridized carbons (Fsp3) is 0.0769. The Labute approximate surface area is 112 Å². The maximum atomic E-state index is 13.3. The first-order chi connectivity index (χ1) is 8.58. The summed E-state index contributed by atoms with van der Waals surface area (Å²) < 4.78 is 13.6. The van der Waals surface area contributed by atoms with Crippen LogP contribution < -0.4 is 5.32 Å². The summed E-state index contributed by atoms with van der Waals surface area (Å²) in [7, 11) is 0. The van der Waals surface area contributed by atoms with Gasteiger partial charge in [0.2, 0.25) is 0 Å². The molecule has 2 aromatic rings. The molecule has 0 aliphatic heterocycles. The minimum Gasteiger partial charge on any atom is -0.306 e. The van der Waals surface area contributed by atoms with Crippen molar-refractivity contribution in [3.63, 3.8) is 0 Å². The molecule has 2 rings (SSSR count). The third-order valence-corrected chi connectivity index (χ3v) is 3.07. The van der Waals surface area contributed by atoms with Crippen molar-refractivity contribution < 1.29 is 9.18 Å². The fourth-order valence-electron chi connectivity index (χ4n) is 1.43. The molecule has 5 heteroatoms. The predicted octanol–water partition coefficient (Wildman–Crippen LogP) is 3.54. The highest BCUT2D eigenvalue weighted by Gasteiger charge is 2.10. The average Bonchev–Trinajstić information content (AvgIpc) is 2.35. The molecule has 0 aliphatic rings. The first-order valence-electron chi connectivity index (χ1n) is 5.26. The van der Waals surface area contributed by atoms with Gasteiger partial charge in [-0.3, -0.25) is 4.79 Å². The summed E-state index contributed by atoms with van der Waals surface area (Å²) in [5.74, 6) is -0.380. The second kappa shape index (κ2) is 5.27. The quantitative estimate of drug-likeness (QED) is 0.922. The molecular weight excluding hydrogens is 299 g/mol. The first-order valence-corrected chi connectivity index (χ1v) is 6.05. The molecule has 0 aliphatic carbocycles. The zero-order valence-corrected chi connectivity index (χ0v) is 11.2. The van der Waals surface area contributed by atoms with Crippen LogP contribution in [0.4, 0.5) is 10.2 Å². The summed E-state index contributed by atoms with van der Waals surface area (Å²) >= 11 is 3.04. The number of rotatable bonds is 2. The van der Waals surface area contributed by atoms with Crippen LogP contribution in [0.15, 0.2) is 41.0 Å². The lowest BCUT2D eigenvalue weighted by atomic mass is 10.2. The summed E-state index contributed by atoms with van der Waals surface area (Å²) in [5.41, 5.74) is 1.10. The number of carbonyl (C=O) groups is 1. The monoisotopic (exact) mass is 308 g/mol. The number of aromatic nitrogens is 1. The highest BCUT2D eigenvalue weighted by Crippen LogP contribution is 2.17. The van der Waals surface area contributed by atoms with Gasteiger partial charge in [-0.2, -0.15) is 0 Å². The molecule has 0 saturated heterocycles. The molecule has 1 aromatic carbocycles. The highest BCUT2D eigenvalue weighted by atomic mass is 79.9. The number of hydrogen-bond acceptors (Lipinski definition) is 2. The molecular formula is C13H10BrFN2O. The van der Waals surface area contributed by atoms with E-state index in [1.165, 1.54) is 12.1 Å². The number of hydrogen-bond donors (Lipinski definition) is 1. The van der Waals surface area contributed by atoms with Crippen molar-refractivity contribution >= 4 is 27.7 Å². The number of amides is 1. The first kappa shape index (κ1) is 12.7. The zero-order chi connectivity index (χ0) is 13.1. The number of nitrogens with zero attached hydrogens (tertiary/aromatic N) is 1. The van der Waals surface area contributed by atoms with E-state index in [1.807, 2.05) is 13.0 Å². The lowest BCUT2D eigenvalue weighted by Gasteiger charge is -2.07. The largest absolute Gasteiger partial charge is 0.306 e. The second-order valence-electron chi connectivity index (χ2n) is 3.75. The summed E-state index contributed by atoms with van der Waals surface area (Å²) in [4.78, 5) is 15.9. The van der Waals surface area contributed by atoms with Gasteiger partial charge in [-0.15, -0.1) is 0 Å². The van der Waals surface area contributed by atoms with Crippen molar-refractivity contribution in [3.8, 4) is 0 Å². The van der Waals surface area contributed by atoms with Gasteiger partial charge in [0.1, 0.15) is 11.6 Å². The number of nitrogens with one attached hydrogen (secondary N) is 1. The van der Waals surface area contributed by atoms with Gasteiger partial charge in [-0.1, -0.05) is 6.07 Å². The molecule has 0 saturated carbocycles. The van der Waals surface area contributed by atoms with E-state index in [0.29, 0.717) is 10.3 Å². The van der Waals surface area contributed by atoms with Crippen molar-refractivity contribution in [2.45, 2.75) is 6.92 Å². The maximum absolute atomic E-state index is 13.3. The van der Waals surface area contributed by atoms with Crippen LogP contribution in [0.5, 0.6) is 0 Å². The highest BCUT2D eigenvalue weighted by molar-refractivity contribution is 9.10. The van der Waals surface area contributed by atoms with Crippen molar-refractivity contribution in [1.82, 2.24) is 4.98 Å². The molecule has 92 valence electrons. The molecule has 0 bridgehead atoms. The van der Waals surface area contributed by atoms with E-state index in [4.69, 9.17) is 0 Å². The smallest absolute Gasteiger partial charge is 0.256 e. The van der Waals surface area contributed by atoms with Crippen LogP contribution in [0.2, 0.25) is 0 Å².